The molecular weight excluding hydrogens is 288 g/mol. The molecule has 0 aromatic carbocycles. The number of hydrogen-bond acceptors (Lipinski definition) is 5. The van der Waals surface area contributed by atoms with Crippen molar-refractivity contribution in [2.24, 2.45) is 0 Å². The van der Waals surface area contributed by atoms with Crippen molar-refractivity contribution >= 4 is 11.5 Å². The van der Waals surface area contributed by atoms with Gasteiger partial charge < -0.3 is 4.90 Å². The van der Waals surface area contributed by atoms with E-state index >= 15 is 0 Å². The maximum absolute atomic E-state index is 9.23. The standard InChI is InChI=1S/C17H16N6/c18-12-14-4-3-8-19-16(14)22-10-6-13(7-11-22)17-21-20-15-5-1-2-9-23(15)17/h1-5,8-9,13H,6-7,10-11H2. The van der Waals surface area contributed by atoms with E-state index in [0.29, 0.717) is 11.5 Å². The lowest BCUT2D eigenvalue weighted by atomic mass is 9.95. The van der Waals surface area contributed by atoms with Crippen LogP contribution in [0.1, 0.15) is 30.1 Å². The largest absolute Gasteiger partial charge is 0.355 e. The van der Waals surface area contributed by atoms with Gasteiger partial charge in [-0.25, -0.2) is 4.98 Å². The summed E-state index contributed by atoms with van der Waals surface area (Å²) in [6.45, 7) is 1.75. The molecule has 0 aliphatic carbocycles. The molecule has 114 valence electrons. The summed E-state index contributed by atoms with van der Waals surface area (Å²) in [7, 11) is 0. The summed E-state index contributed by atoms with van der Waals surface area (Å²) < 4.78 is 2.07. The molecule has 0 spiro atoms. The van der Waals surface area contributed by atoms with Gasteiger partial charge in [0.15, 0.2) is 5.65 Å². The second-order valence-electron chi connectivity index (χ2n) is 5.73. The Morgan fingerprint density at radius 3 is 2.78 bits per heavy atom. The zero-order chi connectivity index (χ0) is 15.6. The second-order valence-corrected chi connectivity index (χ2v) is 5.73. The summed E-state index contributed by atoms with van der Waals surface area (Å²) in [5, 5.41) is 17.9. The van der Waals surface area contributed by atoms with E-state index in [4.69, 9.17) is 0 Å². The number of pyridine rings is 2. The zero-order valence-corrected chi connectivity index (χ0v) is 12.6. The van der Waals surface area contributed by atoms with Gasteiger partial charge in [-0.3, -0.25) is 4.40 Å². The lowest BCUT2D eigenvalue weighted by Gasteiger charge is -2.32. The minimum atomic E-state index is 0.387. The Balaban J connectivity index is 1.54. The molecule has 3 aromatic rings. The van der Waals surface area contributed by atoms with E-state index in [1.54, 1.807) is 12.3 Å². The molecule has 6 nitrogen and oxygen atoms in total. The number of aromatic nitrogens is 4. The van der Waals surface area contributed by atoms with Gasteiger partial charge in [0, 0.05) is 31.4 Å². The third-order valence-electron chi connectivity index (χ3n) is 4.41. The number of anilines is 1. The Bertz CT molecular complexity index is 870. The molecule has 1 fully saturated rings. The lowest BCUT2D eigenvalue weighted by Crippen LogP contribution is -2.34. The highest BCUT2D eigenvalue weighted by atomic mass is 15.3. The third kappa shape index (κ3) is 2.40. The summed E-state index contributed by atoms with van der Waals surface area (Å²) in [6, 6.07) is 11.8. The van der Waals surface area contributed by atoms with Gasteiger partial charge in [-0.2, -0.15) is 5.26 Å². The fourth-order valence-electron chi connectivity index (χ4n) is 3.22. The Kier molecular flexibility index (Phi) is 3.39. The number of rotatable bonds is 2. The SMILES string of the molecule is N#Cc1cccnc1N1CCC(c2nnc3ccccn23)CC1. The predicted molar refractivity (Wildman–Crippen MR) is 86.1 cm³/mol. The van der Waals surface area contributed by atoms with E-state index in [-0.39, 0.29) is 0 Å². The van der Waals surface area contributed by atoms with Crippen LogP contribution >= 0.6 is 0 Å². The Morgan fingerprint density at radius 2 is 1.96 bits per heavy atom. The molecule has 4 heterocycles. The molecule has 6 heteroatoms. The topological polar surface area (TPSA) is 70.1 Å². The first-order valence-electron chi connectivity index (χ1n) is 7.76. The van der Waals surface area contributed by atoms with Gasteiger partial charge in [0.2, 0.25) is 0 Å². The summed E-state index contributed by atoms with van der Waals surface area (Å²) in [6.07, 6.45) is 5.73. The smallest absolute Gasteiger partial charge is 0.160 e. The van der Waals surface area contributed by atoms with Gasteiger partial charge >= 0.3 is 0 Å². The van der Waals surface area contributed by atoms with Gasteiger partial charge in [0.05, 0.1) is 5.56 Å². The van der Waals surface area contributed by atoms with Crippen LogP contribution in [0.2, 0.25) is 0 Å². The molecule has 4 rings (SSSR count). The van der Waals surface area contributed by atoms with Gasteiger partial charge in [-0.1, -0.05) is 6.07 Å². The van der Waals surface area contributed by atoms with E-state index in [2.05, 4.69) is 30.6 Å². The van der Waals surface area contributed by atoms with Crippen molar-refractivity contribution in [2.45, 2.75) is 18.8 Å². The number of fused-ring (bicyclic) bond motifs is 1. The van der Waals surface area contributed by atoms with Crippen molar-refractivity contribution in [1.29, 1.82) is 5.26 Å². The van der Waals surface area contributed by atoms with Crippen molar-refractivity contribution in [3.8, 4) is 6.07 Å². The molecule has 0 bridgehead atoms. The summed E-state index contributed by atoms with van der Waals surface area (Å²) >= 11 is 0. The van der Waals surface area contributed by atoms with Crippen LogP contribution in [0.25, 0.3) is 5.65 Å². The molecular formula is C17H16N6. The molecule has 0 atom stereocenters. The minimum Gasteiger partial charge on any atom is -0.355 e. The van der Waals surface area contributed by atoms with Crippen LogP contribution in [0.15, 0.2) is 42.7 Å². The fourth-order valence-corrected chi connectivity index (χ4v) is 3.22. The van der Waals surface area contributed by atoms with E-state index in [1.807, 2.05) is 30.5 Å². The minimum absolute atomic E-state index is 0.387. The average molecular weight is 304 g/mol. The number of hydrogen-bond donors (Lipinski definition) is 0. The molecule has 0 saturated carbocycles. The highest BCUT2D eigenvalue weighted by Crippen LogP contribution is 2.30. The average Bonchev–Trinajstić information content (AvgIpc) is 3.06. The number of piperidine rings is 1. The molecule has 3 aromatic heterocycles. The molecule has 23 heavy (non-hydrogen) atoms. The van der Waals surface area contributed by atoms with Crippen molar-refractivity contribution in [2.75, 3.05) is 18.0 Å². The lowest BCUT2D eigenvalue weighted by molar-refractivity contribution is 0.480. The highest BCUT2D eigenvalue weighted by Gasteiger charge is 2.26. The van der Waals surface area contributed by atoms with Gasteiger partial charge in [0.25, 0.3) is 0 Å². The van der Waals surface area contributed by atoms with Gasteiger partial charge in [-0.05, 0) is 37.1 Å². The Labute approximate surface area is 134 Å². The van der Waals surface area contributed by atoms with E-state index in [9.17, 15) is 5.26 Å². The Hall–Kier alpha value is -2.94. The highest BCUT2D eigenvalue weighted by molar-refractivity contribution is 5.53. The summed E-state index contributed by atoms with van der Waals surface area (Å²) in [5.74, 6) is 2.21. The molecule has 0 radical (unpaired) electrons. The second kappa shape index (κ2) is 5.69. The van der Waals surface area contributed by atoms with Crippen LogP contribution in [0.3, 0.4) is 0 Å². The van der Waals surface area contributed by atoms with Crippen LogP contribution in [-0.2, 0) is 0 Å². The first kappa shape index (κ1) is 13.7. The molecule has 0 N–H and O–H groups in total. The first-order chi connectivity index (χ1) is 11.4. The van der Waals surface area contributed by atoms with Crippen molar-refractivity contribution in [1.82, 2.24) is 19.6 Å². The summed E-state index contributed by atoms with van der Waals surface area (Å²) in [4.78, 5) is 6.57. The predicted octanol–water partition coefficient (Wildman–Crippen LogP) is 2.38. The maximum Gasteiger partial charge on any atom is 0.160 e. The fraction of sp³-hybridized carbons (Fsp3) is 0.294. The normalized spacial score (nSPS) is 15.7. The molecule has 1 saturated heterocycles. The van der Waals surface area contributed by atoms with Crippen LogP contribution < -0.4 is 4.90 Å². The number of nitrogens with zero attached hydrogens (tertiary/aromatic N) is 6. The zero-order valence-electron chi connectivity index (χ0n) is 12.6. The molecule has 1 aliphatic heterocycles. The molecule has 1 aliphatic rings. The quantitative estimate of drug-likeness (QED) is 0.727. The van der Waals surface area contributed by atoms with E-state index in [1.165, 1.54) is 0 Å². The van der Waals surface area contributed by atoms with Crippen molar-refractivity contribution in [3.05, 3.63) is 54.1 Å². The molecule has 0 unspecified atom stereocenters. The van der Waals surface area contributed by atoms with Crippen molar-refractivity contribution in [3.63, 3.8) is 0 Å². The summed E-state index contributed by atoms with van der Waals surface area (Å²) in [5.41, 5.74) is 1.53. The van der Waals surface area contributed by atoms with Crippen LogP contribution in [0.5, 0.6) is 0 Å². The van der Waals surface area contributed by atoms with Gasteiger partial charge in [0.1, 0.15) is 17.7 Å². The van der Waals surface area contributed by atoms with Crippen LogP contribution in [-0.4, -0.2) is 32.7 Å². The third-order valence-corrected chi connectivity index (χ3v) is 4.41. The first-order valence-corrected chi connectivity index (χ1v) is 7.76. The van der Waals surface area contributed by atoms with Gasteiger partial charge in [-0.15, -0.1) is 10.2 Å². The monoisotopic (exact) mass is 304 g/mol. The van der Waals surface area contributed by atoms with Crippen LogP contribution in [0, 0.1) is 11.3 Å². The van der Waals surface area contributed by atoms with E-state index < -0.39 is 0 Å². The van der Waals surface area contributed by atoms with Crippen molar-refractivity contribution < 1.29 is 0 Å². The van der Waals surface area contributed by atoms with E-state index in [0.717, 1.165) is 43.2 Å². The van der Waals surface area contributed by atoms with Crippen LogP contribution in [0.4, 0.5) is 5.82 Å². The number of nitriles is 1. The maximum atomic E-state index is 9.23. The molecule has 0 amide bonds. The Morgan fingerprint density at radius 1 is 1.09 bits per heavy atom.